The van der Waals surface area contributed by atoms with Crippen molar-refractivity contribution in [1.82, 2.24) is 35.4 Å². The normalized spacial score (nSPS) is 13.7. The first-order chi connectivity index (χ1) is 24.9. The van der Waals surface area contributed by atoms with Gasteiger partial charge in [-0.3, -0.25) is 4.98 Å². The predicted molar refractivity (Wildman–Crippen MR) is 193 cm³/mol. The number of anilines is 2. The molecule has 1 aliphatic rings. The van der Waals surface area contributed by atoms with Gasteiger partial charge in [0.15, 0.2) is 11.6 Å². The molecule has 11 nitrogen and oxygen atoms in total. The average molecular weight is 695 g/mol. The zero-order valence-corrected chi connectivity index (χ0v) is 29.0. The molecule has 0 spiro atoms. The highest BCUT2D eigenvalue weighted by molar-refractivity contribution is 5.97. The van der Waals surface area contributed by atoms with Crippen LogP contribution >= 0.6 is 0 Å². The second kappa shape index (κ2) is 14.9. The largest absolute Gasteiger partial charge is 0.496 e. The van der Waals surface area contributed by atoms with Gasteiger partial charge in [0.25, 0.3) is 6.43 Å². The van der Waals surface area contributed by atoms with Gasteiger partial charge in [0.2, 0.25) is 0 Å². The fraction of sp³-hybridized carbons (Fsp3) is 0.316. The molecular weight excluding hydrogens is 654 g/mol. The van der Waals surface area contributed by atoms with Crippen LogP contribution in [0.4, 0.5) is 20.3 Å². The lowest BCUT2D eigenvalue weighted by Crippen LogP contribution is -2.34. The third kappa shape index (κ3) is 6.92. The van der Waals surface area contributed by atoms with Gasteiger partial charge in [-0.15, -0.1) is 0 Å². The van der Waals surface area contributed by atoms with Crippen molar-refractivity contribution >= 4 is 33.4 Å². The number of benzene rings is 3. The van der Waals surface area contributed by atoms with Crippen molar-refractivity contribution in [3.63, 3.8) is 0 Å². The number of pyridine rings is 1. The maximum Gasteiger partial charge on any atom is 0.297 e. The second-order valence-electron chi connectivity index (χ2n) is 12.5. The van der Waals surface area contributed by atoms with E-state index in [1.807, 2.05) is 73.4 Å². The molecule has 3 aromatic carbocycles. The molecule has 0 atom stereocenters. The zero-order valence-electron chi connectivity index (χ0n) is 29.0. The Hall–Kier alpha value is -5.24. The lowest BCUT2D eigenvalue weighted by atomic mass is 9.96. The van der Waals surface area contributed by atoms with Crippen molar-refractivity contribution in [2.75, 3.05) is 39.8 Å². The van der Waals surface area contributed by atoms with Gasteiger partial charge >= 0.3 is 0 Å². The molecule has 1 aliphatic heterocycles. The Balaban J connectivity index is 1.23. The van der Waals surface area contributed by atoms with E-state index in [2.05, 4.69) is 30.9 Å². The quantitative estimate of drug-likeness (QED) is 0.123. The summed E-state index contributed by atoms with van der Waals surface area (Å²) in [6.07, 6.45) is 2.64. The van der Waals surface area contributed by atoms with E-state index >= 15 is 0 Å². The molecule has 1 fully saturated rings. The molecule has 1 saturated heterocycles. The van der Waals surface area contributed by atoms with Crippen molar-refractivity contribution in [3.05, 3.63) is 89.5 Å². The molecule has 3 N–H and O–H groups in total. The molecule has 51 heavy (non-hydrogen) atoms. The van der Waals surface area contributed by atoms with Gasteiger partial charge in [-0.2, -0.15) is 5.10 Å². The fourth-order valence-corrected chi connectivity index (χ4v) is 6.66. The molecule has 4 heterocycles. The lowest BCUT2D eigenvalue weighted by molar-refractivity contribution is 0.0775. The molecular formula is C38H40F2N8O3. The SMILES string of the molecule is CNCc1cnc2c(Nc3cccc(-c4cccc5c4cnn5-c4cc(OC)c(CNC5CCOCC5)c(OC)c4)c3C)nc(C(F)F)nc2c1. The molecule has 0 bridgehead atoms. The van der Waals surface area contributed by atoms with Crippen molar-refractivity contribution in [3.8, 4) is 28.3 Å². The Morgan fingerprint density at radius 3 is 2.41 bits per heavy atom. The molecule has 7 rings (SSSR count). The lowest BCUT2D eigenvalue weighted by Gasteiger charge is -2.24. The topological polar surface area (TPSA) is 120 Å². The van der Waals surface area contributed by atoms with Gasteiger partial charge < -0.3 is 30.2 Å². The van der Waals surface area contributed by atoms with Gasteiger partial charge in [-0.25, -0.2) is 23.4 Å². The first-order valence-corrected chi connectivity index (χ1v) is 16.9. The van der Waals surface area contributed by atoms with Crippen molar-refractivity contribution in [2.24, 2.45) is 0 Å². The maximum absolute atomic E-state index is 13.9. The summed E-state index contributed by atoms with van der Waals surface area (Å²) in [5.41, 5.74) is 7.74. The number of ether oxygens (including phenoxy) is 3. The monoisotopic (exact) mass is 694 g/mol. The number of rotatable bonds is 12. The molecule has 0 unspecified atom stereocenters. The highest BCUT2D eigenvalue weighted by Gasteiger charge is 2.21. The van der Waals surface area contributed by atoms with E-state index in [1.54, 1.807) is 26.5 Å². The maximum atomic E-state index is 13.9. The molecule has 0 amide bonds. The van der Waals surface area contributed by atoms with Gasteiger partial charge in [-0.05, 0) is 67.3 Å². The Morgan fingerprint density at radius 1 is 0.941 bits per heavy atom. The van der Waals surface area contributed by atoms with Gasteiger partial charge in [0.1, 0.15) is 17.0 Å². The van der Waals surface area contributed by atoms with E-state index in [9.17, 15) is 8.78 Å². The number of hydrogen-bond acceptors (Lipinski definition) is 10. The van der Waals surface area contributed by atoms with Crippen LogP contribution in [0.25, 0.3) is 38.8 Å². The minimum atomic E-state index is -2.84. The van der Waals surface area contributed by atoms with Crippen LogP contribution in [0.15, 0.2) is 67.0 Å². The number of methoxy groups -OCH3 is 2. The Labute approximate surface area is 294 Å². The predicted octanol–water partition coefficient (Wildman–Crippen LogP) is 7.03. The fourth-order valence-electron chi connectivity index (χ4n) is 6.66. The molecule has 0 radical (unpaired) electrons. The summed E-state index contributed by atoms with van der Waals surface area (Å²) >= 11 is 0. The van der Waals surface area contributed by atoms with Crippen LogP contribution in [0.5, 0.6) is 11.5 Å². The highest BCUT2D eigenvalue weighted by atomic mass is 19.3. The molecule has 3 aromatic heterocycles. The number of alkyl halides is 2. The standard InChI is InChI=1S/C38H40F2N8O3/c1-22-26(7-5-9-30(22)45-37-35-31(46-38(47-37)36(39)40)15-23(18-41-2)19-43-35)27-8-6-10-32-28(27)21-44-48(32)25-16-33(49-3)29(34(17-25)50-4)20-42-24-11-13-51-14-12-24/h5-10,15-17,19,21,24,36,41-42H,11-14,18,20H2,1-4H3,(H,45,46,47). The van der Waals surface area contributed by atoms with E-state index < -0.39 is 12.2 Å². The Bertz CT molecular complexity index is 2160. The van der Waals surface area contributed by atoms with E-state index in [4.69, 9.17) is 19.3 Å². The third-order valence-electron chi connectivity index (χ3n) is 9.30. The van der Waals surface area contributed by atoms with Crippen molar-refractivity contribution in [2.45, 2.75) is 45.3 Å². The highest BCUT2D eigenvalue weighted by Crippen LogP contribution is 2.38. The van der Waals surface area contributed by atoms with Crippen LogP contribution in [0, 0.1) is 6.92 Å². The zero-order chi connectivity index (χ0) is 35.5. The summed E-state index contributed by atoms with van der Waals surface area (Å²) in [6.45, 7) is 4.64. The third-order valence-corrected chi connectivity index (χ3v) is 9.30. The molecule has 264 valence electrons. The number of hydrogen-bond donors (Lipinski definition) is 3. The van der Waals surface area contributed by atoms with Crippen LogP contribution in [0.2, 0.25) is 0 Å². The first kappa shape index (κ1) is 34.2. The number of nitrogens with zero attached hydrogens (tertiary/aromatic N) is 5. The van der Waals surface area contributed by atoms with Crippen LogP contribution in [-0.4, -0.2) is 65.3 Å². The summed E-state index contributed by atoms with van der Waals surface area (Å²) in [6, 6.07) is 18.0. The van der Waals surface area contributed by atoms with Gasteiger partial charge in [0, 0.05) is 61.7 Å². The van der Waals surface area contributed by atoms with E-state index in [1.165, 1.54) is 0 Å². The van der Waals surface area contributed by atoms with Crippen molar-refractivity contribution in [1.29, 1.82) is 0 Å². The Morgan fingerprint density at radius 2 is 1.69 bits per heavy atom. The van der Waals surface area contributed by atoms with Crippen LogP contribution < -0.4 is 25.4 Å². The van der Waals surface area contributed by atoms with Crippen LogP contribution in [0.3, 0.4) is 0 Å². The first-order valence-electron chi connectivity index (χ1n) is 16.9. The number of nitrogens with one attached hydrogen (secondary N) is 3. The van der Waals surface area contributed by atoms with Crippen LogP contribution in [0.1, 0.15) is 41.8 Å². The summed E-state index contributed by atoms with van der Waals surface area (Å²) in [7, 11) is 5.13. The molecule has 6 aromatic rings. The van der Waals surface area contributed by atoms with Crippen LogP contribution in [-0.2, 0) is 17.8 Å². The summed E-state index contributed by atoms with van der Waals surface area (Å²) < 4.78 is 46.9. The Kier molecular flexibility index (Phi) is 10.0. The molecule has 0 aliphatic carbocycles. The molecule has 13 heteroatoms. The number of aromatic nitrogens is 5. The average Bonchev–Trinajstić information content (AvgIpc) is 3.59. The second-order valence-corrected chi connectivity index (χ2v) is 12.5. The minimum absolute atomic E-state index is 0.215. The minimum Gasteiger partial charge on any atom is -0.496 e. The van der Waals surface area contributed by atoms with E-state index in [0.717, 1.165) is 70.5 Å². The van der Waals surface area contributed by atoms with E-state index in [0.29, 0.717) is 47.4 Å². The van der Waals surface area contributed by atoms with E-state index in [-0.39, 0.29) is 5.82 Å². The summed E-state index contributed by atoms with van der Waals surface area (Å²) in [5.74, 6) is 1.07. The summed E-state index contributed by atoms with van der Waals surface area (Å²) in [5, 5.41) is 15.7. The van der Waals surface area contributed by atoms with Crippen molar-refractivity contribution < 1.29 is 23.0 Å². The van der Waals surface area contributed by atoms with Gasteiger partial charge in [-0.1, -0.05) is 24.3 Å². The number of halogens is 2. The smallest absolute Gasteiger partial charge is 0.297 e. The summed E-state index contributed by atoms with van der Waals surface area (Å²) in [4.78, 5) is 12.8. The molecule has 0 saturated carbocycles. The number of fused-ring (bicyclic) bond motifs is 2. The van der Waals surface area contributed by atoms with Gasteiger partial charge in [0.05, 0.1) is 42.7 Å².